The molecule has 0 amide bonds. The van der Waals surface area contributed by atoms with E-state index in [1.807, 2.05) is 0 Å². The number of H-pyrrole nitrogens is 4. The van der Waals surface area contributed by atoms with E-state index in [0.717, 1.165) is 0 Å². The van der Waals surface area contributed by atoms with Crippen LogP contribution in [0.5, 0.6) is 0 Å². The molecule has 0 saturated carbocycles. The van der Waals surface area contributed by atoms with Crippen LogP contribution in [0.4, 0.5) is 0 Å². The molecular formula is C16H21N7O2S2. The van der Waals surface area contributed by atoms with Gasteiger partial charge in [0.05, 0.1) is 24.5 Å². The molecular weight excluding hydrogens is 386 g/mol. The molecule has 2 aromatic heterocycles. The molecule has 27 heavy (non-hydrogen) atoms. The normalized spacial score (nSPS) is 11.6. The molecule has 0 aromatic carbocycles. The minimum absolute atomic E-state index is 0.216. The first kappa shape index (κ1) is 20.8. The second kappa shape index (κ2) is 10.00. The maximum absolute atomic E-state index is 11.6. The molecule has 0 fully saturated rings. The molecule has 2 heterocycles. The summed E-state index contributed by atoms with van der Waals surface area (Å²) in [6, 6.07) is 0. The Morgan fingerprint density at radius 2 is 1.22 bits per heavy atom. The van der Waals surface area contributed by atoms with Crippen LogP contribution in [0.1, 0.15) is 22.5 Å². The Labute approximate surface area is 165 Å². The summed E-state index contributed by atoms with van der Waals surface area (Å²) in [5, 5.41) is 3.21. The monoisotopic (exact) mass is 407 g/mol. The molecule has 0 spiro atoms. The van der Waals surface area contributed by atoms with E-state index >= 15 is 0 Å². The molecule has 0 radical (unpaired) electrons. The molecule has 0 bridgehead atoms. The minimum Gasteiger partial charge on any atom is -0.331 e. The fourth-order valence-electron chi connectivity index (χ4n) is 2.12. The van der Waals surface area contributed by atoms with Gasteiger partial charge in [0, 0.05) is 36.6 Å². The standard InChI is InChI=1S/C16H21N7O2S2/c1-9-11(20-15(26)22-13(9)24)7-18-5-3-17-4-6-19-8-12-10(2)14(25)23-16(27)21-12/h7-8,17H,3-6H2,1-2H3,(H2,20,22,24,26)(H2,21,23,25,27). The molecule has 0 aliphatic rings. The van der Waals surface area contributed by atoms with E-state index in [0.29, 0.717) is 48.7 Å². The van der Waals surface area contributed by atoms with Gasteiger partial charge in [0.25, 0.3) is 11.1 Å². The number of hydrogen-bond donors (Lipinski definition) is 5. The van der Waals surface area contributed by atoms with Gasteiger partial charge < -0.3 is 15.3 Å². The summed E-state index contributed by atoms with van der Waals surface area (Å²) in [5.74, 6) is 0. The zero-order valence-corrected chi connectivity index (χ0v) is 16.6. The summed E-state index contributed by atoms with van der Waals surface area (Å²) in [6.07, 6.45) is 3.22. The molecule has 11 heteroatoms. The van der Waals surface area contributed by atoms with Gasteiger partial charge in [-0.3, -0.25) is 29.5 Å². The van der Waals surface area contributed by atoms with Crippen molar-refractivity contribution in [2.75, 3.05) is 26.2 Å². The third-order valence-electron chi connectivity index (χ3n) is 3.72. The van der Waals surface area contributed by atoms with Gasteiger partial charge in [0.15, 0.2) is 9.54 Å². The van der Waals surface area contributed by atoms with E-state index in [-0.39, 0.29) is 20.7 Å². The topological polar surface area (TPSA) is 134 Å². The van der Waals surface area contributed by atoms with Gasteiger partial charge in [-0.2, -0.15) is 0 Å². The van der Waals surface area contributed by atoms with Crippen molar-refractivity contribution in [3.63, 3.8) is 0 Å². The number of nitrogens with one attached hydrogen (secondary N) is 5. The van der Waals surface area contributed by atoms with Crippen molar-refractivity contribution >= 4 is 36.9 Å². The smallest absolute Gasteiger partial charge is 0.255 e. The minimum atomic E-state index is -0.216. The van der Waals surface area contributed by atoms with Crippen LogP contribution >= 0.6 is 24.4 Å². The highest BCUT2D eigenvalue weighted by molar-refractivity contribution is 7.71. The highest BCUT2D eigenvalue weighted by Crippen LogP contribution is 1.94. The summed E-state index contributed by atoms with van der Waals surface area (Å²) < 4.78 is 0.554. The van der Waals surface area contributed by atoms with Gasteiger partial charge in [-0.05, 0) is 38.3 Å². The Morgan fingerprint density at radius 3 is 1.63 bits per heavy atom. The molecule has 0 unspecified atom stereocenters. The SMILES string of the molecule is Cc1c(C=NCCNCCN=Cc2[nH]c(=S)[nH]c(=O)c2C)[nH]c(=S)[nH]c1=O. The molecule has 0 saturated heterocycles. The van der Waals surface area contributed by atoms with E-state index in [9.17, 15) is 9.59 Å². The van der Waals surface area contributed by atoms with Crippen molar-refractivity contribution in [1.82, 2.24) is 25.3 Å². The zero-order chi connectivity index (χ0) is 19.8. The Balaban J connectivity index is 1.74. The van der Waals surface area contributed by atoms with Crippen LogP contribution in [0.3, 0.4) is 0 Å². The lowest BCUT2D eigenvalue weighted by Gasteiger charge is -2.01. The third-order valence-corrected chi connectivity index (χ3v) is 4.12. The van der Waals surface area contributed by atoms with Crippen LogP contribution in [0, 0.1) is 23.4 Å². The lowest BCUT2D eigenvalue weighted by atomic mass is 10.3. The molecule has 2 rings (SSSR count). The van der Waals surface area contributed by atoms with Crippen molar-refractivity contribution in [1.29, 1.82) is 0 Å². The van der Waals surface area contributed by atoms with Crippen molar-refractivity contribution in [3.05, 3.63) is 52.8 Å². The van der Waals surface area contributed by atoms with E-state index in [1.165, 1.54) is 0 Å². The second-order valence-electron chi connectivity index (χ2n) is 5.71. The van der Waals surface area contributed by atoms with Gasteiger partial charge >= 0.3 is 0 Å². The van der Waals surface area contributed by atoms with E-state index in [4.69, 9.17) is 24.4 Å². The first-order chi connectivity index (χ1) is 12.9. The molecule has 144 valence electrons. The predicted octanol–water partition coefficient (Wildman–Crippen LogP) is 0.923. The Hall–Kier alpha value is -2.50. The van der Waals surface area contributed by atoms with Crippen LogP contribution in [0.25, 0.3) is 0 Å². The number of aromatic amines is 4. The summed E-state index contributed by atoms with van der Waals surface area (Å²) in [5.41, 5.74) is 1.88. The molecule has 0 atom stereocenters. The van der Waals surface area contributed by atoms with E-state index in [1.54, 1.807) is 26.3 Å². The maximum atomic E-state index is 11.6. The Bertz CT molecular complexity index is 990. The van der Waals surface area contributed by atoms with E-state index in [2.05, 4.69) is 35.2 Å². The fraction of sp³-hybridized carbons (Fsp3) is 0.375. The number of nitrogens with zero attached hydrogens (tertiary/aromatic N) is 2. The van der Waals surface area contributed by atoms with Gasteiger partial charge in [-0.15, -0.1) is 0 Å². The van der Waals surface area contributed by atoms with Crippen molar-refractivity contribution in [2.24, 2.45) is 9.98 Å². The van der Waals surface area contributed by atoms with Gasteiger partial charge in [0.2, 0.25) is 0 Å². The number of rotatable bonds is 8. The number of aliphatic imine (C=N–C) groups is 2. The van der Waals surface area contributed by atoms with Gasteiger partial charge in [-0.1, -0.05) is 0 Å². The zero-order valence-electron chi connectivity index (χ0n) is 15.0. The first-order valence-electron chi connectivity index (χ1n) is 8.25. The molecule has 9 nitrogen and oxygen atoms in total. The average molecular weight is 408 g/mol. The Kier molecular flexibility index (Phi) is 7.70. The molecule has 0 aliphatic carbocycles. The number of aromatic nitrogens is 4. The largest absolute Gasteiger partial charge is 0.331 e. The van der Waals surface area contributed by atoms with Crippen LogP contribution in [0.2, 0.25) is 0 Å². The van der Waals surface area contributed by atoms with Crippen LogP contribution < -0.4 is 16.4 Å². The molecule has 2 aromatic rings. The van der Waals surface area contributed by atoms with Crippen molar-refractivity contribution < 1.29 is 0 Å². The highest BCUT2D eigenvalue weighted by atomic mass is 32.1. The van der Waals surface area contributed by atoms with Crippen LogP contribution in [0.15, 0.2) is 19.6 Å². The Morgan fingerprint density at radius 1 is 0.815 bits per heavy atom. The summed E-state index contributed by atoms with van der Waals surface area (Å²) >= 11 is 9.88. The molecule has 5 N–H and O–H groups in total. The quantitative estimate of drug-likeness (QED) is 0.252. The summed E-state index contributed by atoms with van der Waals surface area (Å²) in [4.78, 5) is 42.6. The molecule has 0 aliphatic heterocycles. The third kappa shape index (κ3) is 6.31. The van der Waals surface area contributed by atoms with Crippen molar-refractivity contribution in [3.8, 4) is 0 Å². The van der Waals surface area contributed by atoms with E-state index < -0.39 is 0 Å². The predicted molar refractivity (Wildman–Crippen MR) is 112 cm³/mol. The van der Waals surface area contributed by atoms with Crippen LogP contribution in [-0.2, 0) is 0 Å². The second-order valence-corrected chi connectivity index (χ2v) is 6.53. The lowest BCUT2D eigenvalue weighted by Crippen LogP contribution is -2.21. The fourth-order valence-corrected chi connectivity index (χ4v) is 2.52. The van der Waals surface area contributed by atoms with Gasteiger partial charge in [-0.25, -0.2) is 0 Å². The van der Waals surface area contributed by atoms with Gasteiger partial charge in [0.1, 0.15) is 0 Å². The first-order valence-corrected chi connectivity index (χ1v) is 9.07. The lowest BCUT2D eigenvalue weighted by molar-refractivity contribution is 0.699. The summed E-state index contributed by atoms with van der Waals surface area (Å²) in [7, 11) is 0. The average Bonchev–Trinajstić information content (AvgIpc) is 2.61. The maximum Gasteiger partial charge on any atom is 0.255 e. The number of hydrogen-bond acceptors (Lipinski definition) is 7. The van der Waals surface area contributed by atoms with Crippen molar-refractivity contribution in [2.45, 2.75) is 13.8 Å². The summed E-state index contributed by atoms with van der Waals surface area (Å²) in [6.45, 7) is 5.85. The highest BCUT2D eigenvalue weighted by Gasteiger charge is 2.00. The van der Waals surface area contributed by atoms with Crippen LogP contribution in [-0.4, -0.2) is 58.5 Å².